The first-order valence-electron chi connectivity index (χ1n) is 12.6. The molecule has 181 valence electrons. The van der Waals surface area contributed by atoms with Gasteiger partial charge in [-0.2, -0.15) is 0 Å². The van der Waals surface area contributed by atoms with Gasteiger partial charge in [0.05, 0.1) is 5.69 Å². The van der Waals surface area contributed by atoms with Crippen molar-refractivity contribution in [2.24, 2.45) is 0 Å². The summed E-state index contributed by atoms with van der Waals surface area (Å²) < 4.78 is 5.16. The molecular weight excluding hydrogens is 465 g/mol. The van der Waals surface area contributed by atoms with Crippen LogP contribution in [0, 0.1) is 0 Å². The first-order valence-corrected chi connectivity index (χ1v) is 12.6. The van der Waals surface area contributed by atoms with Gasteiger partial charge in [0.2, 0.25) is 0 Å². The van der Waals surface area contributed by atoms with Crippen molar-refractivity contribution in [2.45, 2.75) is 0 Å². The van der Waals surface area contributed by atoms with Crippen LogP contribution in [0.5, 0.6) is 5.75 Å². The molecule has 0 unspecified atom stereocenters. The van der Waals surface area contributed by atoms with Crippen molar-refractivity contribution in [1.29, 1.82) is 0 Å². The lowest BCUT2D eigenvalue weighted by atomic mass is 9.96. The van der Waals surface area contributed by atoms with E-state index in [1.165, 1.54) is 27.6 Å². The van der Waals surface area contributed by atoms with Gasteiger partial charge in [-0.1, -0.05) is 103 Å². The second kappa shape index (κ2) is 10.7. The Balaban J connectivity index is 1.51. The summed E-state index contributed by atoms with van der Waals surface area (Å²) in [6, 6.07) is 50.2. The first-order chi connectivity index (χ1) is 18.8. The maximum absolute atomic E-state index is 9.05. The predicted molar refractivity (Wildman–Crippen MR) is 158 cm³/mol. The van der Waals surface area contributed by atoms with Gasteiger partial charge < -0.3 is 14.6 Å². The summed E-state index contributed by atoms with van der Waals surface area (Å²) in [5, 5.41) is 11.4. The summed E-state index contributed by atoms with van der Waals surface area (Å²) in [4.78, 5) is 2.26. The predicted octanol–water partition coefficient (Wildman–Crippen LogP) is 8.55. The quantitative estimate of drug-likeness (QED) is 0.228. The van der Waals surface area contributed by atoms with Crippen LogP contribution in [-0.4, -0.2) is 12.7 Å². The van der Waals surface area contributed by atoms with Crippen LogP contribution >= 0.6 is 0 Å². The molecule has 0 aliphatic rings. The highest BCUT2D eigenvalue weighted by molar-refractivity contribution is 6.17. The molecule has 3 nitrogen and oxygen atoms in total. The number of benzene rings is 6. The molecule has 1 radical (unpaired) electrons. The van der Waals surface area contributed by atoms with E-state index in [2.05, 4.69) is 114 Å². The molecule has 38 heavy (non-hydrogen) atoms. The Morgan fingerprint density at radius 3 is 1.63 bits per heavy atom. The third kappa shape index (κ3) is 4.65. The summed E-state index contributed by atoms with van der Waals surface area (Å²) in [5.74, 6) is 0.569. The molecule has 0 aliphatic heterocycles. The van der Waals surface area contributed by atoms with Gasteiger partial charge in [-0.25, -0.2) is 0 Å². The molecule has 0 aromatic heterocycles. The number of hydrogen-bond acceptors (Lipinski definition) is 3. The van der Waals surface area contributed by atoms with Gasteiger partial charge in [0.1, 0.15) is 5.75 Å². The van der Waals surface area contributed by atoms with Crippen LogP contribution in [-0.2, 0) is 0 Å². The van der Waals surface area contributed by atoms with Crippen molar-refractivity contribution in [3.8, 4) is 28.0 Å². The van der Waals surface area contributed by atoms with Gasteiger partial charge in [0.25, 0.3) is 0 Å². The minimum absolute atomic E-state index is 0.569. The van der Waals surface area contributed by atoms with E-state index in [-0.39, 0.29) is 0 Å². The van der Waals surface area contributed by atoms with Crippen LogP contribution in [0.25, 0.3) is 33.0 Å². The van der Waals surface area contributed by atoms with Crippen LogP contribution in [0.3, 0.4) is 0 Å². The Morgan fingerprint density at radius 1 is 0.474 bits per heavy atom. The number of hydrogen-bond donors (Lipinski definition) is 1. The highest BCUT2D eigenvalue weighted by Crippen LogP contribution is 2.42. The van der Waals surface area contributed by atoms with E-state index in [0.29, 0.717) is 13.4 Å². The van der Waals surface area contributed by atoms with E-state index in [9.17, 15) is 0 Å². The van der Waals surface area contributed by atoms with Gasteiger partial charge in [-0.3, -0.25) is 0 Å². The number of fused-ring (bicyclic) bond motifs is 1. The zero-order valence-electron chi connectivity index (χ0n) is 20.7. The number of anilines is 3. The molecular formula is C34H25BNO2. The molecule has 6 aromatic rings. The van der Waals surface area contributed by atoms with Gasteiger partial charge in [0, 0.05) is 16.8 Å². The molecule has 0 saturated heterocycles. The van der Waals surface area contributed by atoms with Gasteiger partial charge in [-0.05, 0) is 70.1 Å². The van der Waals surface area contributed by atoms with Gasteiger partial charge >= 0.3 is 7.69 Å². The third-order valence-electron chi connectivity index (χ3n) is 6.74. The lowest BCUT2D eigenvalue weighted by Crippen LogP contribution is -2.11. The molecule has 6 aromatic carbocycles. The zero-order chi connectivity index (χ0) is 25.7. The van der Waals surface area contributed by atoms with Crippen molar-refractivity contribution in [2.75, 3.05) is 4.90 Å². The molecule has 0 aliphatic carbocycles. The molecule has 1 N–H and O–H groups in total. The third-order valence-corrected chi connectivity index (χ3v) is 6.74. The topological polar surface area (TPSA) is 32.7 Å². The molecule has 0 spiro atoms. The molecule has 0 saturated carbocycles. The highest BCUT2D eigenvalue weighted by Gasteiger charge is 2.17. The summed E-state index contributed by atoms with van der Waals surface area (Å²) in [6.45, 7) is 0. The van der Waals surface area contributed by atoms with E-state index in [0.717, 1.165) is 22.4 Å². The maximum Gasteiger partial charge on any atom is 0.569 e. The smallest absolute Gasteiger partial charge is 0.537 e. The molecule has 6 rings (SSSR count). The Labute approximate surface area is 223 Å². The average molecular weight is 490 g/mol. The molecule has 4 heteroatoms. The number of rotatable bonds is 7. The standard InChI is InChI=1S/C34H25BNO2/c37-35-38-30-21-19-29(20-22-30)36(28-17-15-26(16-18-28)25-9-3-1-4-10-25)34-24-23-31(27-11-5-2-6-12-27)32-13-7-8-14-33(32)34/h1-24,37H. The second-order valence-electron chi connectivity index (χ2n) is 9.01. The lowest BCUT2D eigenvalue weighted by molar-refractivity contribution is 0.454. The van der Waals surface area contributed by atoms with Crippen LogP contribution in [0.15, 0.2) is 146 Å². The SMILES string of the molecule is O[B]Oc1ccc(N(c2ccc(-c3ccccc3)cc2)c2ccc(-c3ccccc3)c3ccccc23)cc1. The van der Waals surface area contributed by atoms with E-state index in [1.807, 2.05) is 36.4 Å². The fourth-order valence-electron chi connectivity index (χ4n) is 4.94. The van der Waals surface area contributed by atoms with Crippen molar-refractivity contribution < 1.29 is 9.68 Å². The van der Waals surface area contributed by atoms with Crippen molar-refractivity contribution in [1.82, 2.24) is 0 Å². The van der Waals surface area contributed by atoms with Crippen LogP contribution in [0.2, 0.25) is 0 Å². The second-order valence-corrected chi connectivity index (χ2v) is 9.01. The fraction of sp³-hybridized carbons (Fsp3) is 0. The molecule has 0 fully saturated rings. The summed E-state index contributed by atoms with van der Waals surface area (Å²) >= 11 is 0. The largest absolute Gasteiger partial charge is 0.569 e. The van der Waals surface area contributed by atoms with E-state index in [1.54, 1.807) is 0 Å². The van der Waals surface area contributed by atoms with E-state index < -0.39 is 0 Å². The fourth-order valence-corrected chi connectivity index (χ4v) is 4.94. The van der Waals surface area contributed by atoms with Crippen molar-refractivity contribution >= 4 is 35.5 Å². The summed E-state index contributed by atoms with van der Waals surface area (Å²) in [6.07, 6.45) is 0. The molecule has 0 bridgehead atoms. The Hall–Kier alpha value is -4.80. The minimum atomic E-state index is 0.569. The first kappa shape index (κ1) is 23.6. The van der Waals surface area contributed by atoms with E-state index >= 15 is 0 Å². The van der Waals surface area contributed by atoms with Crippen LogP contribution < -0.4 is 9.55 Å². The van der Waals surface area contributed by atoms with Crippen LogP contribution in [0.4, 0.5) is 17.1 Å². The summed E-state index contributed by atoms with van der Waals surface area (Å²) in [7, 11) is 0.699. The Kier molecular flexibility index (Phi) is 6.63. The molecule has 0 atom stereocenters. The zero-order valence-corrected chi connectivity index (χ0v) is 20.7. The highest BCUT2D eigenvalue weighted by atomic mass is 16.5. The summed E-state index contributed by atoms with van der Waals surface area (Å²) in [5.41, 5.74) is 7.85. The monoisotopic (exact) mass is 490 g/mol. The lowest BCUT2D eigenvalue weighted by Gasteiger charge is -2.28. The maximum atomic E-state index is 9.05. The molecule has 0 amide bonds. The number of nitrogens with zero attached hydrogens (tertiary/aromatic N) is 1. The van der Waals surface area contributed by atoms with Crippen molar-refractivity contribution in [3.63, 3.8) is 0 Å². The Morgan fingerprint density at radius 2 is 1.00 bits per heavy atom. The average Bonchev–Trinajstić information content (AvgIpc) is 3.00. The van der Waals surface area contributed by atoms with E-state index in [4.69, 9.17) is 9.68 Å². The van der Waals surface area contributed by atoms with Crippen molar-refractivity contribution in [3.05, 3.63) is 146 Å². The van der Waals surface area contributed by atoms with Crippen LogP contribution in [0.1, 0.15) is 0 Å². The Bertz CT molecular complexity index is 1650. The minimum Gasteiger partial charge on any atom is -0.537 e. The molecule has 0 heterocycles. The normalized spacial score (nSPS) is 10.8. The van der Waals surface area contributed by atoms with Gasteiger partial charge in [-0.15, -0.1) is 0 Å². The van der Waals surface area contributed by atoms with Gasteiger partial charge in [0.15, 0.2) is 0 Å².